The minimum atomic E-state index is -1.29. The zero-order valence-corrected chi connectivity index (χ0v) is 22.1. The third-order valence-electron chi connectivity index (χ3n) is 5.64. The topological polar surface area (TPSA) is 134 Å². The first-order valence-corrected chi connectivity index (χ1v) is 12.3. The molecule has 0 spiro atoms. The third-order valence-corrected chi connectivity index (χ3v) is 5.64. The zero-order valence-electron chi connectivity index (χ0n) is 22.1. The van der Waals surface area contributed by atoms with Crippen LogP contribution in [0.1, 0.15) is 69.7 Å². The summed E-state index contributed by atoms with van der Waals surface area (Å²) in [5.74, 6) is -1.47. The van der Waals surface area contributed by atoms with Gasteiger partial charge in [-0.15, -0.1) is 0 Å². The number of amides is 3. The van der Waals surface area contributed by atoms with Gasteiger partial charge in [0, 0.05) is 12.6 Å². The molecule has 10 heteroatoms. The molecule has 36 heavy (non-hydrogen) atoms. The highest BCUT2D eigenvalue weighted by Gasteiger charge is 2.44. The normalized spacial score (nSPS) is 14.9. The van der Waals surface area contributed by atoms with Crippen LogP contribution in [0.5, 0.6) is 0 Å². The van der Waals surface area contributed by atoms with Crippen molar-refractivity contribution in [3.05, 3.63) is 34.9 Å². The van der Waals surface area contributed by atoms with Crippen molar-refractivity contribution < 1.29 is 33.8 Å². The number of hydrogen-bond acceptors (Lipinski definition) is 7. The summed E-state index contributed by atoms with van der Waals surface area (Å²) >= 11 is 0. The van der Waals surface area contributed by atoms with Gasteiger partial charge < -0.3 is 30.1 Å². The Morgan fingerprint density at radius 3 is 2.25 bits per heavy atom. The van der Waals surface area contributed by atoms with E-state index in [0.29, 0.717) is 18.4 Å². The number of carbonyl (C=O) groups is 4. The maximum Gasteiger partial charge on any atom is 0.408 e. The van der Waals surface area contributed by atoms with Crippen molar-refractivity contribution in [3.63, 3.8) is 0 Å². The van der Waals surface area contributed by atoms with Gasteiger partial charge >= 0.3 is 12.1 Å². The fourth-order valence-corrected chi connectivity index (χ4v) is 3.96. The van der Waals surface area contributed by atoms with Gasteiger partial charge in [-0.05, 0) is 71.1 Å². The number of aliphatic hydroxyl groups excluding tert-OH is 1. The summed E-state index contributed by atoms with van der Waals surface area (Å²) in [4.78, 5) is 52.8. The van der Waals surface area contributed by atoms with Crippen molar-refractivity contribution in [1.82, 2.24) is 15.5 Å². The molecule has 1 aliphatic rings. The van der Waals surface area contributed by atoms with E-state index in [4.69, 9.17) is 9.47 Å². The smallest absolute Gasteiger partial charge is 0.408 e. The maximum absolute atomic E-state index is 13.7. The fourth-order valence-electron chi connectivity index (χ4n) is 3.96. The second kappa shape index (κ2) is 12.7. The van der Waals surface area contributed by atoms with Gasteiger partial charge in [-0.3, -0.25) is 14.4 Å². The van der Waals surface area contributed by atoms with Crippen molar-refractivity contribution in [2.45, 2.75) is 84.5 Å². The van der Waals surface area contributed by atoms with Crippen molar-refractivity contribution >= 4 is 23.9 Å². The van der Waals surface area contributed by atoms with Crippen molar-refractivity contribution in [3.8, 4) is 0 Å². The largest absolute Gasteiger partial charge is 0.466 e. The number of nitrogens with zero attached hydrogens (tertiary/aromatic N) is 1. The Labute approximate surface area is 212 Å². The highest BCUT2D eigenvalue weighted by Crippen LogP contribution is 2.37. The molecule has 0 aromatic heterocycles. The fraction of sp³-hybridized carbons (Fsp3) is 0.615. The molecule has 0 aliphatic heterocycles. The van der Waals surface area contributed by atoms with Crippen LogP contribution in [0.15, 0.2) is 18.2 Å². The van der Waals surface area contributed by atoms with Gasteiger partial charge in [0.15, 0.2) is 0 Å². The number of benzene rings is 1. The van der Waals surface area contributed by atoms with Gasteiger partial charge in [0.1, 0.15) is 17.7 Å². The molecule has 0 radical (unpaired) electrons. The van der Waals surface area contributed by atoms with E-state index >= 15 is 0 Å². The second-order valence-corrected chi connectivity index (χ2v) is 9.91. The molecule has 1 aromatic rings. The van der Waals surface area contributed by atoms with Crippen molar-refractivity contribution in [1.29, 1.82) is 0 Å². The number of nitrogens with one attached hydrogen (secondary N) is 2. The standard InChI is InChI=1S/C26H39N3O7/c1-7-35-20(31)13-14-27-23(32)22(21-16(2)9-8-10-17(21)3)29(18-11-12-18)24(33)19(15-30)28-25(34)36-26(4,5)6/h8-10,18-19,22,30H,7,11-15H2,1-6H3,(H,27,32)(H,28,34). The van der Waals surface area contributed by atoms with E-state index in [1.54, 1.807) is 27.7 Å². The molecule has 200 valence electrons. The number of aryl methyl sites for hydroxylation is 2. The van der Waals surface area contributed by atoms with Crippen molar-refractivity contribution in [2.75, 3.05) is 19.8 Å². The van der Waals surface area contributed by atoms with E-state index in [0.717, 1.165) is 11.1 Å². The first kappa shape index (κ1) is 29.1. The predicted octanol–water partition coefficient (Wildman–Crippen LogP) is 2.29. The van der Waals surface area contributed by atoms with Crippen LogP contribution >= 0.6 is 0 Å². The minimum Gasteiger partial charge on any atom is -0.466 e. The third kappa shape index (κ3) is 8.22. The molecule has 1 aromatic carbocycles. The summed E-state index contributed by atoms with van der Waals surface area (Å²) in [6, 6.07) is 3.06. The van der Waals surface area contributed by atoms with Crippen LogP contribution in [0.2, 0.25) is 0 Å². The second-order valence-electron chi connectivity index (χ2n) is 9.91. The summed E-state index contributed by atoms with van der Waals surface area (Å²) in [5.41, 5.74) is 1.52. The monoisotopic (exact) mass is 505 g/mol. The highest BCUT2D eigenvalue weighted by molar-refractivity contribution is 5.93. The molecule has 1 aliphatic carbocycles. The number of rotatable bonds is 11. The molecule has 0 bridgehead atoms. The van der Waals surface area contributed by atoms with Crippen molar-refractivity contribution in [2.24, 2.45) is 0 Å². The molecule has 2 unspecified atom stereocenters. The van der Waals surface area contributed by atoms with Gasteiger partial charge in [-0.25, -0.2) is 4.79 Å². The molecule has 3 amide bonds. The van der Waals surface area contributed by atoms with Gasteiger partial charge in [-0.1, -0.05) is 18.2 Å². The molecule has 0 saturated heterocycles. The Bertz CT molecular complexity index is 933. The average Bonchev–Trinajstić information content (AvgIpc) is 3.60. The van der Waals surface area contributed by atoms with Gasteiger partial charge in [0.25, 0.3) is 0 Å². The summed E-state index contributed by atoms with van der Waals surface area (Å²) in [7, 11) is 0. The van der Waals surface area contributed by atoms with Crippen LogP contribution in [0, 0.1) is 13.8 Å². The van der Waals surface area contributed by atoms with E-state index < -0.39 is 48.2 Å². The number of esters is 1. The van der Waals surface area contributed by atoms with Crippen LogP contribution in [0.25, 0.3) is 0 Å². The Morgan fingerprint density at radius 1 is 1.14 bits per heavy atom. The first-order valence-electron chi connectivity index (χ1n) is 12.3. The lowest BCUT2D eigenvalue weighted by molar-refractivity contribution is -0.145. The van der Waals surface area contributed by atoms with E-state index in [2.05, 4.69) is 10.6 Å². The Balaban J connectivity index is 2.37. The zero-order chi connectivity index (χ0) is 27.0. The predicted molar refractivity (Wildman–Crippen MR) is 133 cm³/mol. The summed E-state index contributed by atoms with van der Waals surface area (Å²) in [5, 5.41) is 15.2. The molecular weight excluding hydrogens is 466 g/mol. The number of carbonyl (C=O) groups excluding carboxylic acids is 4. The van der Waals surface area contributed by atoms with E-state index in [1.807, 2.05) is 32.0 Å². The van der Waals surface area contributed by atoms with Gasteiger partial charge in [-0.2, -0.15) is 0 Å². The highest BCUT2D eigenvalue weighted by atomic mass is 16.6. The Morgan fingerprint density at radius 2 is 1.75 bits per heavy atom. The van der Waals surface area contributed by atoms with Gasteiger partial charge in [0.2, 0.25) is 11.8 Å². The maximum atomic E-state index is 13.7. The summed E-state index contributed by atoms with van der Waals surface area (Å²) < 4.78 is 10.2. The van der Waals surface area contributed by atoms with Crippen LogP contribution in [0.4, 0.5) is 4.79 Å². The quantitative estimate of drug-likeness (QED) is 0.393. The summed E-state index contributed by atoms with van der Waals surface area (Å²) in [6.45, 7) is 10.1. The van der Waals surface area contributed by atoms with E-state index in [1.165, 1.54) is 4.90 Å². The van der Waals surface area contributed by atoms with Crippen LogP contribution in [-0.2, 0) is 23.9 Å². The first-order chi connectivity index (χ1) is 16.9. The lowest BCUT2D eigenvalue weighted by Crippen LogP contribution is -2.55. The molecule has 1 saturated carbocycles. The average molecular weight is 506 g/mol. The number of hydrogen-bond donors (Lipinski definition) is 3. The van der Waals surface area contributed by atoms with Crippen LogP contribution in [0.3, 0.4) is 0 Å². The molecular formula is C26H39N3O7. The number of ether oxygens (including phenoxy) is 2. The molecule has 2 atom stereocenters. The molecule has 1 fully saturated rings. The molecule has 0 heterocycles. The lowest BCUT2D eigenvalue weighted by Gasteiger charge is -2.35. The van der Waals surface area contributed by atoms with Gasteiger partial charge in [0.05, 0.1) is 19.6 Å². The number of alkyl carbamates (subject to hydrolysis) is 1. The van der Waals surface area contributed by atoms with E-state index in [9.17, 15) is 24.3 Å². The Kier molecular flexibility index (Phi) is 10.3. The van der Waals surface area contributed by atoms with Crippen LogP contribution in [-0.4, -0.2) is 71.3 Å². The van der Waals surface area contributed by atoms with Crippen LogP contribution < -0.4 is 10.6 Å². The lowest BCUT2D eigenvalue weighted by atomic mass is 9.93. The molecule has 10 nitrogen and oxygen atoms in total. The molecule has 3 N–H and O–H groups in total. The number of aliphatic hydroxyl groups is 1. The van der Waals surface area contributed by atoms with E-state index in [-0.39, 0.29) is 25.6 Å². The SMILES string of the molecule is CCOC(=O)CCNC(=O)C(c1c(C)cccc1C)N(C(=O)C(CO)NC(=O)OC(C)(C)C)C1CC1. The molecule has 2 rings (SSSR count). The summed E-state index contributed by atoms with van der Waals surface area (Å²) in [6.07, 6.45) is 0.533. The minimum absolute atomic E-state index is 0.00407. The Hall–Kier alpha value is -3.14.